The molecule has 5 rings (SSSR count). The molecule has 0 atom stereocenters. The summed E-state index contributed by atoms with van der Waals surface area (Å²) >= 11 is 3.48. The lowest BCUT2D eigenvalue weighted by atomic mass is 10.1. The number of hydrogen-bond donors (Lipinski definition) is 1. The molecule has 1 fully saturated rings. The second kappa shape index (κ2) is 10.4. The number of imide groups is 2. The van der Waals surface area contributed by atoms with E-state index in [1.807, 2.05) is 41.0 Å². The highest BCUT2D eigenvalue weighted by Gasteiger charge is 2.35. The molecule has 7 nitrogen and oxygen atoms in total. The van der Waals surface area contributed by atoms with Crippen LogP contribution in [0.3, 0.4) is 0 Å². The molecule has 4 aromatic rings. The number of para-hydroxylation sites is 1. The predicted octanol–water partition coefficient (Wildman–Crippen LogP) is 5.28. The number of nitrogens with one attached hydrogen (secondary N) is 1. The van der Waals surface area contributed by atoms with Crippen molar-refractivity contribution in [2.45, 2.75) is 13.1 Å². The molecule has 1 aliphatic rings. The third-order valence-corrected chi connectivity index (χ3v) is 6.46. The molecular formula is C28H21BrFN3O4. The fourth-order valence-corrected chi connectivity index (χ4v) is 4.53. The van der Waals surface area contributed by atoms with Gasteiger partial charge in [0.1, 0.15) is 12.2 Å². The highest BCUT2D eigenvalue weighted by atomic mass is 79.9. The maximum absolute atomic E-state index is 13.9. The molecule has 1 aliphatic heterocycles. The maximum Gasteiger partial charge on any atom is 0.331 e. The highest BCUT2D eigenvalue weighted by molar-refractivity contribution is 9.10. The van der Waals surface area contributed by atoms with Crippen LogP contribution in [0.25, 0.3) is 17.0 Å². The van der Waals surface area contributed by atoms with E-state index in [0.29, 0.717) is 12.1 Å². The topological polar surface area (TPSA) is 80.6 Å². The van der Waals surface area contributed by atoms with E-state index in [4.69, 9.17) is 4.74 Å². The second-order valence-electron chi connectivity index (χ2n) is 8.41. The number of aromatic nitrogens is 1. The van der Waals surface area contributed by atoms with Gasteiger partial charge in [0, 0.05) is 27.1 Å². The summed E-state index contributed by atoms with van der Waals surface area (Å²) in [6, 6.07) is 20.2. The van der Waals surface area contributed by atoms with Crippen LogP contribution in [0.15, 0.2) is 89.0 Å². The highest BCUT2D eigenvalue weighted by Crippen LogP contribution is 2.28. The van der Waals surface area contributed by atoms with Gasteiger partial charge in [-0.1, -0.05) is 58.4 Å². The van der Waals surface area contributed by atoms with Gasteiger partial charge >= 0.3 is 6.03 Å². The van der Waals surface area contributed by atoms with Crippen molar-refractivity contribution in [2.75, 3.05) is 6.61 Å². The van der Waals surface area contributed by atoms with Gasteiger partial charge in [0.25, 0.3) is 11.8 Å². The van der Waals surface area contributed by atoms with Crippen LogP contribution in [-0.4, -0.2) is 33.9 Å². The minimum absolute atomic E-state index is 0.0385. The van der Waals surface area contributed by atoms with Crippen LogP contribution in [0.2, 0.25) is 0 Å². The second-order valence-corrected chi connectivity index (χ2v) is 9.33. The molecule has 0 aliphatic carbocycles. The van der Waals surface area contributed by atoms with E-state index >= 15 is 0 Å². The zero-order valence-electron chi connectivity index (χ0n) is 19.5. The Balaban J connectivity index is 1.45. The van der Waals surface area contributed by atoms with E-state index in [0.717, 1.165) is 25.8 Å². The number of nitrogens with zero attached hydrogens (tertiary/aromatic N) is 2. The normalized spacial score (nSPS) is 14.9. The molecule has 0 radical (unpaired) electrons. The first kappa shape index (κ1) is 24.5. The number of rotatable bonds is 7. The number of amides is 4. The summed E-state index contributed by atoms with van der Waals surface area (Å²) in [7, 11) is 0. The number of hydrogen-bond acceptors (Lipinski definition) is 4. The Labute approximate surface area is 220 Å². The van der Waals surface area contributed by atoms with Crippen LogP contribution in [0.4, 0.5) is 9.18 Å². The molecule has 2 heterocycles. The van der Waals surface area contributed by atoms with Gasteiger partial charge in [0.15, 0.2) is 11.6 Å². The smallest absolute Gasteiger partial charge is 0.331 e. The Morgan fingerprint density at radius 1 is 0.973 bits per heavy atom. The number of urea groups is 1. The van der Waals surface area contributed by atoms with E-state index in [1.165, 1.54) is 12.1 Å². The zero-order chi connectivity index (χ0) is 25.9. The Morgan fingerprint density at radius 3 is 2.51 bits per heavy atom. The Hall–Kier alpha value is -4.24. The number of carbonyl (C=O) groups excluding carboxylic acids is 3. The van der Waals surface area contributed by atoms with Crippen molar-refractivity contribution in [2.24, 2.45) is 0 Å². The first-order valence-corrected chi connectivity index (χ1v) is 12.3. The van der Waals surface area contributed by atoms with Gasteiger partial charge in [0.2, 0.25) is 0 Å². The summed E-state index contributed by atoms with van der Waals surface area (Å²) in [6.07, 6.45) is 3.29. The molecule has 1 N–H and O–H groups in total. The molecule has 3 aromatic carbocycles. The monoisotopic (exact) mass is 561 g/mol. The van der Waals surface area contributed by atoms with Gasteiger partial charge in [-0.2, -0.15) is 0 Å². The quantitative estimate of drug-likeness (QED) is 0.246. The summed E-state index contributed by atoms with van der Waals surface area (Å²) in [5.41, 5.74) is 2.08. The molecule has 0 bridgehead atoms. The van der Waals surface area contributed by atoms with Gasteiger partial charge < -0.3 is 9.30 Å². The number of fused-ring (bicyclic) bond motifs is 1. The van der Waals surface area contributed by atoms with Gasteiger partial charge in [-0.3, -0.25) is 19.8 Å². The molecule has 0 spiro atoms. The minimum Gasteiger partial charge on any atom is -0.489 e. The van der Waals surface area contributed by atoms with E-state index in [9.17, 15) is 18.8 Å². The first-order chi connectivity index (χ1) is 17.9. The molecule has 0 saturated carbocycles. The summed E-state index contributed by atoms with van der Waals surface area (Å²) in [5, 5.41) is 3.05. The summed E-state index contributed by atoms with van der Waals surface area (Å²) in [4.78, 5) is 39.3. The van der Waals surface area contributed by atoms with E-state index in [-0.39, 0.29) is 24.5 Å². The van der Waals surface area contributed by atoms with Crippen LogP contribution in [0, 0.1) is 5.82 Å². The SMILES string of the molecule is O=C1NC(=O)N(Cc2ccccc2)C(=O)/C1=C/c1cn(CCOc2ccccc2F)c2ccc(Br)cc12. The van der Waals surface area contributed by atoms with Crippen molar-refractivity contribution >= 4 is 50.8 Å². The van der Waals surface area contributed by atoms with E-state index in [1.54, 1.807) is 36.5 Å². The fraction of sp³-hybridized carbons (Fsp3) is 0.107. The standard InChI is InChI=1S/C28H21BrFN3O4/c29-20-10-11-24-21(15-20)19(17-32(24)12-13-37-25-9-5-4-8-23(25)30)14-22-26(34)31-28(36)33(27(22)35)16-18-6-2-1-3-7-18/h1-11,14-15,17H,12-13,16H2,(H,31,34,36)/b22-14+. The van der Waals surface area contributed by atoms with Crippen LogP contribution in [0.1, 0.15) is 11.1 Å². The Kier molecular flexibility index (Phi) is 6.87. The molecular weight excluding hydrogens is 541 g/mol. The van der Waals surface area contributed by atoms with Gasteiger partial charge in [0.05, 0.1) is 13.1 Å². The van der Waals surface area contributed by atoms with Crippen molar-refractivity contribution in [3.8, 4) is 5.75 Å². The average Bonchev–Trinajstić information content (AvgIpc) is 3.22. The number of carbonyl (C=O) groups is 3. The predicted molar refractivity (Wildman–Crippen MR) is 140 cm³/mol. The molecule has 4 amide bonds. The van der Waals surface area contributed by atoms with Gasteiger partial charge in [-0.05, 0) is 42.0 Å². The Bertz CT molecular complexity index is 1550. The third-order valence-electron chi connectivity index (χ3n) is 5.97. The number of benzene rings is 3. The third kappa shape index (κ3) is 5.17. The first-order valence-electron chi connectivity index (χ1n) is 11.5. The van der Waals surface area contributed by atoms with Crippen LogP contribution < -0.4 is 10.1 Å². The van der Waals surface area contributed by atoms with Gasteiger partial charge in [-0.15, -0.1) is 0 Å². The molecule has 9 heteroatoms. The summed E-state index contributed by atoms with van der Waals surface area (Å²) < 4.78 is 22.2. The molecule has 1 aromatic heterocycles. The summed E-state index contributed by atoms with van der Waals surface area (Å²) in [6.45, 7) is 0.640. The lowest BCUT2D eigenvalue weighted by Crippen LogP contribution is -2.53. The number of ether oxygens (including phenoxy) is 1. The number of halogens is 2. The van der Waals surface area contributed by atoms with Crippen LogP contribution in [-0.2, 0) is 22.7 Å². The zero-order valence-corrected chi connectivity index (χ0v) is 21.1. The lowest BCUT2D eigenvalue weighted by Gasteiger charge is -2.26. The van der Waals surface area contributed by atoms with Crippen molar-refractivity contribution in [1.29, 1.82) is 0 Å². The molecule has 37 heavy (non-hydrogen) atoms. The number of barbiturate groups is 1. The average molecular weight is 562 g/mol. The summed E-state index contributed by atoms with van der Waals surface area (Å²) in [5.74, 6) is -1.70. The van der Waals surface area contributed by atoms with E-state index in [2.05, 4.69) is 21.2 Å². The van der Waals surface area contributed by atoms with Crippen molar-refractivity contribution in [1.82, 2.24) is 14.8 Å². The lowest BCUT2D eigenvalue weighted by molar-refractivity contribution is -0.130. The Morgan fingerprint density at radius 2 is 1.73 bits per heavy atom. The van der Waals surface area contributed by atoms with Gasteiger partial charge in [-0.25, -0.2) is 9.18 Å². The van der Waals surface area contributed by atoms with Crippen molar-refractivity contribution in [3.05, 3.63) is 106 Å². The van der Waals surface area contributed by atoms with E-state index < -0.39 is 23.7 Å². The fourth-order valence-electron chi connectivity index (χ4n) is 4.17. The van der Waals surface area contributed by atoms with Crippen LogP contribution >= 0.6 is 15.9 Å². The van der Waals surface area contributed by atoms with Crippen molar-refractivity contribution < 1.29 is 23.5 Å². The minimum atomic E-state index is -0.758. The largest absolute Gasteiger partial charge is 0.489 e. The molecule has 186 valence electrons. The maximum atomic E-state index is 13.9. The molecule has 1 saturated heterocycles. The van der Waals surface area contributed by atoms with Crippen LogP contribution in [0.5, 0.6) is 5.75 Å². The molecule has 0 unspecified atom stereocenters. The van der Waals surface area contributed by atoms with Crippen molar-refractivity contribution in [3.63, 3.8) is 0 Å².